The zero-order valence-electron chi connectivity index (χ0n) is 17.8. The Morgan fingerprint density at radius 2 is 1.43 bits per heavy atom. The molecule has 5 aromatic rings. The Kier molecular flexibility index (Phi) is 4.43. The summed E-state index contributed by atoms with van der Waals surface area (Å²) >= 11 is 0. The lowest BCUT2D eigenvalue weighted by Gasteiger charge is -2.19. The number of hydrogen-bond acceptors (Lipinski definition) is 1. The van der Waals surface area contributed by atoms with Gasteiger partial charge in [-0.15, -0.1) is 0 Å². The van der Waals surface area contributed by atoms with Gasteiger partial charge in [0.15, 0.2) is 0 Å². The summed E-state index contributed by atoms with van der Waals surface area (Å²) in [6.45, 7) is 7.53. The molecule has 148 valence electrons. The van der Waals surface area contributed by atoms with Crippen LogP contribution in [0.2, 0.25) is 0 Å². The Labute approximate surface area is 177 Å². The van der Waals surface area contributed by atoms with Crippen molar-refractivity contribution >= 4 is 21.8 Å². The van der Waals surface area contributed by atoms with Crippen LogP contribution in [0.3, 0.4) is 0 Å². The van der Waals surface area contributed by atoms with Gasteiger partial charge in [-0.1, -0.05) is 99.6 Å². The summed E-state index contributed by atoms with van der Waals surface area (Å²) in [5.74, 6) is 1.02. The molecule has 1 heterocycles. The molecule has 1 aromatic heterocycles. The molecule has 4 aromatic carbocycles. The highest BCUT2D eigenvalue weighted by Gasteiger charge is 2.16. The number of fused-ring (bicyclic) bond motifs is 2. The molecule has 0 spiro atoms. The minimum Gasteiger partial charge on any atom is -0.319 e. The van der Waals surface area contributed by atoms with Gasteiger partial charge in [-0.05, 0) is 39.4 Å². The highest BCUT2D eigenvalue weighted by atomic mass is 15.1. The summed E-state index contributed by atoms with van der Waals surface area (Å²) in [6.07, 6.45) is 0. The smallest absolute Gasteiger partial charge is 0.141 e. The molecular formula is C28H26N2. The normalized spacial score (nSPS) is 12.0. The molecule has 2 nitrogen and oxygen atoms in total. The number of nitrogens with zero attached hydrogens (tertiary/aromatic N) is 2. The summed E-state index contributed by atoms with van der Waals surface area (Å²) in [5.41, 5.74) is 6.14. The molecule has 30 heavy (non-hydrogen) atoms. The van der Waals surface area contributed by atoms with E-state index in [1.807, 2.05) is 0 Å². The van der Waals surface area contributed by atoms with Crippen molar-refractivity contribution in [2.24, 2.45) is 0 Å². The quantitative estimate of drug-likeness (QED) is 0.318. The first-order valence-corrected chi connectivity index (χ1v) is 10.5. The number of imidazole rings is 1. The molecule has 0 radical (unpaired) electrons. The van der Waals surface area contributed by atoms with E-state index in [4.69, 9.17) is 4.98 Å². The fraction of sp³-hybridized carbons (Fsp3) is 0.179. The first-order chi connectivity index (χ1) is 14.5. The van der Waals surface area contributed by atoms with Gasteiger partial charge in [0.25, 0.3) is 0 Å². The minimum atomic E-state index is 0.140. The molecule has 0 atom stereocenters. The highest BCUT2D eigenvalue weighted by Crippen LogP contribution is 2.30. The lowest BCUT2D eigenvalue weighted by Crippen LogP contribution is -2.10. The predicted molar refractivity (Wildman–Crippen MR) is 127 cm³/mol. The molecule has 0 bridgehead atoms. The van der Waals surface area contributed by atoms with Gasteiger partial charge < -0.3 is 4.57 Å². The van der Waals surface area contributed by atoms with E-state index in [0.29, 0.717) is 0 Å². The molecule has 0 aliphatic carbocycles. The number of aromatic nitrogens is 2. The predicted octanol–water partition coefficient (Wildman–Crippen LogP) is 7.20. The number of hydrogen-bond donors (Lipinski definition) is 0. The zero-order chi connectivity index (χ0) is 20.7. The highest BCUT2D eigenvalue weighted by molar-refractivity contribution is 5.86. The molecule has 0 N–H and O–H groups in total. The molecule has 5 rings (SSSR count). The Hall–Kier alpha value is -3.39. The third-order valence-electron chi connectivity index (χ3n) is 5.87. The Morgan fingerprint density at radius 3 is 2.23 bits per heavy atom. The van der Waals surface area contributed by atoms with Gasteiger partial charge in [-0.25, -0.2) is 4.98 Å². The molecule has 0 saturated heterocycles. The zero-order valence-corrected chi connectivity index (χ0v) is 17.8. The van der Waals surface area contributed by atoms with E-state index < -0.39 is 0 Å². The van der Waals surface area contributed by atoms with Crippen molar-refractivity contribution in [1.82, 2.24) is 9.55 Å². The van der Waals surface area contributed by atoms with Crippen molar-refractivity contribution in [2.75, 3.05) is 0 Å². The summed E-state index contributed by atoms with van der Waals surface area (Å²) < 4.78 is 2.35. The van der Waals surface area contributed by atoms with E-state index in [1.54, 1.807) is 0 Å². The molecule has 0 fully saturated rings. The van der Waals surface area contributed by atoms with Crippen LogP contribution in [0.1, 0.15) is 31.9 Å². The van der Waals surface area contributed by atoms with Crippen LogP contribution in [0, 0.1) is 0 Å². The second-order valence-corrected chi connectivity index (χ2v) is 8.98. The van der Waals surface area contributed by atoms with Crippen molar-refractivity contribution in [3.63, 3.8) is 0 Å². The number of rotatable bonds is 3. The fourth-order valence-corrected chi connectivity index (χ4v) is 4.18. The molecule has 0 unspecified atom stereocenters. The lowest BCUT2D eigenvalue weighted by molar-refractivity contribution is 0.590. The van der Waals surface area contributed by atoms with E-state index >= 15 is 0 Å². The first kappa shape index (κ1) is 18.6. The van der Waals surface area contributed by atoms with E-state index in [1.165, 1.54) is 27.4 Å². The maximum Gasteiger partial charge on any atom is 0.141 e. The molecule has 2 heteroatoms. The van der Waals surface area contributed by atoms with Crippen LogP contribution in [-0.2, 0) is 12.0 Å². The van der Waals surface area contributed by atoms with Gasteiger partial charge in [0.1, 0.15) is 5.82 Å². The maximum atomic E-state index is 5.01. The van der Waals surface area contributed by atoms with Gasteiger partial charge in [0, 0.05) is 5.56 Å². The van der Waals surface area contributed by atoms with E-state index in [0.717, 1.165) is 23.4 Å². The molecule has 0 aliphatic rings. The van der Waals surface area contributed by atoms with Crippen molar-refractivity contribution in [2.45, 2.75) is 32.7 Å². The summed E-state index contributed by atoms with van der Waals surface area (Å²) in [5, 5.41) is 2.57. The topological polar surface area (TPSA) is 17.8 Å². The van der Waals surface area contributed by atoms with Crippen LogP contribution in [0.5, 0.6) is 0 Å². The first-order valence-electron chi connectivity index (χ1n) is 10.5. The van der Waals surface area contributed by atoms with Crippen LogP contribution < -0.4 is 0 Å². The van der Waals surface area contributed by atoms with Gasteiger partial charge in [0.05, 0.1) is 17.6 Å². The van der Waals surface area contributed by atoms with Gasteiger partial charge in [-0.3, -0.25) is 0 Å². The Balaban J connectivity index is 1.66. The Morgan fingerprint density at radius 1 is 0.733 bits per heavy atom. The summed E-state index contributed by atoms with van der Waals surface area (Å²) in [7, 11) is 0. The number of para-hydroxylation sites is 2. The van der Waals surface area contributed by atoms with Crippen LogP contribution in [-0.4, -0.2) is 9.55 Å². The average Bonchev–Trinajstić information content (AvgIpc) is 3.12. The van der Waals surface area contributed by atoms with Crippen molar-refractivity contribution in [3.8, 4) is 11.4 Å². The van der Waals surface area contributed by atoms with Crippen LogP contribution in [0.25, 0.3) is 33.2 Å². The van der Waals surface area contributed by atoms with E-state index in [9.17, 15) is 0 Å². The second kappa shape index (κ2) is 7.14. The Bertz CT molecular complexity index is 1330. The third-order valence-corrected chi connectivity index (χ3v) is 5.87. The van der Waals surface area contributed by atoms with Gasteiger partial charge >= 0.3 is 0 Å². The van der Waals surface area contributed by atoms with E-state index in [-0.39, 0.29) is 5.41 Å². The largest absolute Gasteiger partial charge is 0.319 e. The van der Waals surface area contributed by atoms with Gasteiger partial charge in [-0.2, -0.15) is 0 Å². The molecule has 0 aliphatic heterocycles. The van der Waals surface area contributed by atoms with Crippen LogP contribution in [0.4, 0.5) is 0 Å². The summed E-state index contributed by atoms with van der Waals surface area (Å²) in [6, 6.07) is 32.5. The molecule has 0 saturated carbocycles. The van der Waals surface area contributed by atoms with Crippen LogP contribution >= 0.6 is 0 Å². The third kappa shape index (κ3) is 3.29. The minimum absolute atomic E-state index is 0.140. The SMILES string of the molecule is CC(C)(C)c1ccc(-c2nc3ccccc3n2Cc2cccc3ccccc23)cc1. The second-order valence-electron chi connectivity index (χ2n) is 8.98. The molecule has 0 amide bonds. The van der Waals surface area contributed by atoms with E-state index in [2.05, 4.69) is 116 Å². The fourth-order valence-electron chi connectivity index (χ4n) is 4.18. The number of benzene rings is 4. The lowest BCUT2D eigenvalue weighted by atomic mass is 9.86. The van der Waals surface area contributed by atoms with Crippen molar-refractivity contribution in [3.05, 3.63) is 102 Å². The van der Waals surface area contributed by atoms with Crippen molar-refractivity contribution < 1.29 is 0 Å². The van der Waals surface area contributed by atoms with Crippen molar-refractivity contribution in [1.29, 1.82) is 0 Å². The van der Waals surface area contributed by atoms with Crippen LogP contribution in [0.15, 0.2) is 91.0 Å². The standard InChI is InChI=1S/C28H26N2/c1-28(2,3)23-17-15-21(16-18-23)27-29-25-13-6-7-14-26(25)30(27)19-22-11-8-10-20-9-4-5-12-24(20)22/h4-18H,19H2,1-3H3. The summed E-state index contributed by atoms with van der Waals surface area (Å²) in [4.78, 5) is 5.01. The monoisotopic (exact) mass is 390 g/mol. The molecular weight excluding hydrogens is 364 g/mol. The van der Waals surface area contributed by atoms with Gasteiger partial charge in [0.2, 0.25) is 0 Å². The average molecular weight is 391 g/mol. The maximum absolute atomic E-state index is 5.01.